The largest absolute Gasteiger partial charge is 0.135 e. The zero-order valence-corrected chi connectivity index (χ0v) is 16.1. The lowest BCUT2D eigenvalue weighted by atomic mass is 10.0. The van der Waals surface area contributed by atoms with Gasteiger partial charge in [-0.2, -0.15) is 0 Å². The van der Waals surface area contributed by atoms with Gasteiger partial charge in [-0.3, -0.25) is 0 Å². The molecule has 2 heterocycles. The van der Waals surface area contributed by atoms with Crippen molar-refractivity contribution in [2.75, 3.05) is 0 Å². The summed E-state index contributed by atoms with van der Waals surface area (Å²) >= 11 is 3.90. The number of benzene rings is 4. The molecule has 126 valence electrons. The van der Waals surface area contributed by atoms with Crippen molar-refractivity contribution in [2.45, 2.75) is 6.42 Å². The van der Waals surface area contributed by atoms with E-state index >= 15 is 0 Å². The van der Waals surface area contributed by atoms with Crippen molar-refractivity contribution in [3.05, 3.63) is 83.9 Å². The third kappa shape index (κ3) is 1.77. The maximum atomic E-state index is 2.36. The highest BCUT2D eigenvalue weighted by Gasteiger charge is 2.26. The minimum atomic E-state index is 1.05. The minimum Gasteiger partial charge on any atom is -0.135 e. The van der Waals surface area contributed by atoms with Crippen LogP contribution in [0.1, 0.15) is 11.1 Å². The van der Waals surface area contributed by atoms with Gasteiger partial charge in [0.1, 0.15) is 0 Å². The van der Waals surface area contributed by atoms with E-state index in [1.165, 1.54) is 62.6 Å². The number of thiophene rings is 2. The zero-order valence-electron chi connectivity index (χ0n) is 14.5. The molecule has 0 bridgehead atoms. The van der Waals surface area contributed by atoms with Gasteiger partial charge in [0.15, 0.2) is 0 Å². The molecule has 0 radical (unpaired) electrons. The van der Waals surface area contributed by atoms with Crippen molar-refractivity contribution >= 4 is 63.0 Å². The summed E-state index contributed by atoms with van der Waals surface area (Å²) in [7, 11) is 0. The van der Waals surface area contributed by atoms with Crippen LogP contribution >= 0.6 is 22.7 Å². The zero-order chi connectivity index (χ0) is 17.5. The summed E-state index contributed by atoms with van der Waals surface area (Å²) < 4.78 is 5.69. The average molecular weight is 379 g/mol. The van der Waals surface area contributed by atoms with E-state index in [4.69, 9.17) is 0 Å². The molecule has 27 heavy (non-hydrogen) atoms. The van der Waals surface area contributed by atoms with Crippen LogP contribution < -0.4 is 0 Å². The molecule has 0 fully saturated rings. The molecule has 1 aliphatic carbocycles. The normalized spacial score (nSPS) is 13.0. The summed E-state index contributed by atoms with van der Waals surface area (Å²) in [5, 5.41) is 5.58. The molecule has 0 amide bonds. The maximum absolute atomic E-state index is 2.36. The maximum Gasteiger partial charge on any atom is 0.0437 e. The fourth-order valence-corrected chi connectivity index (χ4v) is 7.26. The minimum absolute atomic E-state index is 1.05. The molecule has 7 rings (SSSR count). The van der Waals surface area contributed by atoms with Crippen LogP contribution in [0.3, 0.4) is 0 Å². The van der Waals surface area contributed by atoms with Gasteiger partial charge in [-0.25, -0.2) is 0 Å². The Morgan fingerprint density at radius 1 is 0.481 bits per heavy atom. The Labute approximate surface area is 164 Å². The second kappa shape index (κ2) is 4.98. The molecule has 0 nitrogen and oxygen atoms in total. The van der Waals surface area contributed by atoms with E-state index in [9.17, 15) is 0 Å². The predicted molar refractivity (Wildman–Crippen MR) is 120 cm³/mol. The first-order valence-corrected chi connectivity index (χ1v) is 10.9. The Morgan fingerprint density at radius 3 is 1.48 bits per heavy atom. The van der Waals surface area contributed by atoms with Crippen LogP contribution in [0, 0.1) is 0 Å². The predicted octanol–water partition coefficient (Wildman–Crippen LogP) is 7.99. The molecule has 2 aromatic heterocycles. The number of fused-ring (bicyclic) bond motifs is 11. The van der Waals surface area contributed by atoms with Gasteiger partial charge in [0.25, 0.3) is 0 Å². The first-order chi connectivity index (χ1) is 13.4. The molecule has 0 unspecified atom stereocenters. The molecular weight excluding hydrogens is 364 g/mol. The summed E-state index contributed by atoms with van der Waals surface area (Å²) in [6.45, 7) is 0. The van der Waals surface area contributed by atoms with Crippen LogP contribution in [0.2, 0.25) is 0 Å². The van der Waals surface area contributed by atoms with Crippen LogP contribution in [0.4, 0.5) is 0 Å². The average Bonchev–Trinajstić information content (AvgIpc) is 3.37. The third-order valence-corrected chi connectivity index (χ3v) is 8.31. The Bertz CT molecular complexity index is 1430. The molecule has 2 heteroatoms. The SMILES string of the molecule is c1ccc2c(c1)sc1c3c(ccc12)Cc1ccc2c(sc4ccccc42)c1-3. The molecule has 0 saturated carbocycles. The van der Waals surface area contributed by atoms with Gasteiger partial charge in [0, 0.05) is 51.5 Å². The number of hydrogen-bond donors (Lipinski definition) is 0. The van der Waals surface area contributed by atoms with Crippen LogP contribution in [0.5, 0.6) is 0 Å². The molecule has 0 atom stereocenters. The lowest BCUT2D eigenvalue weighted by Gasteiger charge is -2.05. The van der Waals surface area contributed by atoms with Gasteiger partial charge in [0.05, 0.1) is 0 Å². The quantitative estimate of drug-likeness (QED) is 0.251. The van der Waals surface area contributed by atoms with E-state index in [0.29, 0.717) is 0 Å². The van der Waals surface area contributed by atoms with Crippen LogP contribution in [-0.4, -0.2) is 0 Å². The van der Waals surface area contributed by atoms with E-state index in [2.05, 4.69) is 72.8 Å². The van der Waals surface area contributed by atoms with E-state index in [1.54, 1.807) is 0 Å². The second-order valence-electron chi connectivity index (χ2n) is 7.33. The van der Waals surface area contributed by atoms with Crippen molar-refractivity contribution in [3.63, 3.8) is 0 Å². The van der Waals surface area contributed by atoms with Gasteiger partial charge < -0.3 is 0 Å². The van der Waals surface area contributed by atoms with Crippen LogP contribution in [-0.2, 0) is 6.42 Å². The Hall–Kier alpha value is -2.68. The third-order valence-electron chi connectivity index (χ3n) is 5.90. The van der Waals surface area contributed by atoms with Gasteiger partial charge in [-0.15, -0.1) is 22.7 Å². The summed E-state index contributed by atoms with van der Waals surface area (Å²) in [5.74, 6) is 0. The number of rotatable bonds is 0. The lowest BCUT2D eigenvalue weighted by molar-refractivity contribution is 1.27. The van der Waals surface area contributed by atoms with Crippen molar-refractivity contribution in [1.82, 2.24) is 0 Å². The molecule has 1 aliphatic rings. The topological polar surface area (TPSA) is 0 Å². The highest BCUT2D eigenvalue weighted by molar-refractivity contribution is 7.27. The monoisotopic (exact) mass is 378 g/mol. The van der Waals surface area contributed by atoms with Crippen LogP contribution in [0.25, 0.3) is 51.5 Å². The van der Waals surface area contributed by atoms with Gasteiger partial charge >= 0.3 is 0 Å². The smallest absolute Gasteiger partial charge is 0.0437 e. The fourth-order valence-electron chi connectivity index (χ4n) is 4.71. The molecular formula is C25H14S2. The number of hydrogen-bond acceptors (Lipinski definition) is 2. The Balaban J connectivity index is 1.69. The summed E-state index contributed by atoms with van der Waals surface area (Å²) in [5.41, 5.74) is 5.93. The Kier molecular flexibility index (Phi) is 2.65. The van der Waals surface area contributed by atoms with Crippen molar-refractivity contribution in [2.24, 2.45) is 0 Å². The molecule has 0 aliphatic heterocycles. The highest BCUT2D eigenvalue weighted by atomic mass is 32.1. The van der Waals surface area contributed by atoms with Crippen LogP contribution in [0.15, 0.2) is 72.8 Å². The van der Waals surface area contributed by atoms with E-state index in [0.717, 1.165) is 6.42 Å². The van der Waals surface area contributed by atoms with E-state index in [-0.39, 0.29) is 0 Å². The molecule has 0 N–H and O–H groups in total. The molecule has 0 spiro atoms. The van der Waals surface area contributed by atoms with Crippen molar-refractivity contribution in [1.29, 1.82) is 0 Å². The standard InChI is InChI=1S/C25H14S2/c1-3-7-20-16(5-1)18-11-9-14-13-15-10-12-19-17-6-2-4-8-21(17)27-25(19)23(15)22(14)24(18)26-20/h1-12H,13H2. The van der Waals surface area contributed by atoms with Crippen molar-refractivity contribution < 1.29 is 0 Å². The second-order valence-corrected chi connectivity index (χ2v) is 9.43. The summed E-state index contributed by atoms with van der Waals surface area (Å²) in [6, 6.07) is 27.0. The highest BCUT2D eigenvalue weighted by Crippen LogP contribution is 2.51. The first kappa shape index (κ1) is 14.4. The van der Waals surface area contributed by atoms with Crippen molar-refractivity contribution in [3.8, 4) is 11.1 Å². The van der Waals surface area contributed by atoms with E-state index < -0.39 is 0 Å². The molecule has 6 aromatic rings. The van der Waals surface area contributed by atoms with Gasteiger partial charge in [-0.05, 0) is 29.7 Å². The van der Waals surface area contributed by atoms with E-state index in [1.807, 2.05) is 22.7 Å². The lowest BCUT2D eigenvalue weighted by Crippen LogP contribution is -1.79. The fraction of sp³-hybridized carbons (Fsp3) is 0.0400. The molecule has 4 aromatic carbocycles. The molecule has 0 saturated heterocycles. The van der Waals surface area contributed by atoms with Gasteiger partial charge in [-0.1, -0.05) is 60.7 Å². The first-order valence-electron chi connectivity index (χ1n) is 9.25. The summed E-state index contributed by atoms with van der Waals surface area (Å²) in [4.78, 5) is 0. The van der Waals surface area contributed by atoms with Gasteiger partial charge in [0.2, 0.25) is 0 Å². The summed E-state index contributed by atoms with van der Waals surface area (Å²) in [6.07, 6.45) is 1.05. The Morgan fingerprint density at radius 2 is 0.963 bits per heavy atom.